The molecule has 6 nitrogen and oxygen atoms in total. The van der Waals surface area contributed by atoms with Crippen molar-refractivity contribution in [2.75, 3.05) is 6.61 Å². The molecule has 23 heavy (non-hydrogen) atoms. The first-order valence-electron chi connectivity index (χ1n) is 8.09. The minimum absolute atomic E-state index is 0.226. The molecule has 0 aromatic carbocycles. The Morgan fingerprint density at radius 2 is 2.39 bits per heavy atom. The van der Waals surface area contributed by atoms with Gasteiger partial charge in [-0.3, -0.25) is 9.48 Å². The fourth-order valence-electron chi connectivity index (χ4n) is 2.67. The van der Waals surface area contributed by atoms with Gasteiger partial charge >= 0.3 is 0 Å². The van der Waals surface area contributed by atoms with Crippen molar-refractivity contribution >= 4 is 27.5 Å². The van der Waals surface area contributed by atoms with Crippen LogP contribution in [0, 0.1) is 12.8 Å². The van der Waals surface area contributed by atoms with Crippen LogP contribution in [0.2, 0.25) is 0 Å². The molecule has 1 amide bonds. The molecule has 2 aromatic heterocycles. The second-order valence-electron chi connectivity index (χ2n) is 6.34. The predicted molar refractivity (Wildman–Crippen MR) is 89.3 cm³/mol. The van der Waals surface area contributed by atoms with E-state index in [-0.39, 0.29) is 12.2 Å². The Labute approximate surface area is 139 Å². The van der Waals surface area contributed by atoms with Crippen molar-refractivity contribution in [2.45, 2.75) is 52.9 Å². The van der Waals surface area contributed by atoms with Gasteiger partial charge in [0, 0.05) is 25.0 Å². The fourth-order valence-corrected chi connectivity index (χ4v) is 3.72. The summed E-state index contributed by atoms with van der Waals surface area (Å²) in [6, 6.07) is 1.89. The fraction of sp³-hybridized carbons (Fsp3) is 0.625. The number of nitrogens with zero attached hydrogens (tertiary/aromatic N) is 2. The van der Waals surface area contributed by atoms with Gasteiger partial charge in [0.1, 0.15) is 4.83 Å². The van der Waals surface area contributed by atoms with Crippen LogP contribution >= 0.6 is 11.3 Å². The molecule has 3 rings (SSSR count). The van der Waals surface area contributed by atoms with Gasteiger partial charge in [0.15, 0.2) is 6.29 Å². The van der Waals surface area contributed by atoms with Gasteiger partial charge in [-0.05, 0) is 31.7 Å². The van der Waals surface area contributed by atoms with E-state index in [1.165, 1.54) is 11.3 Å². The Hall–Kier alpha value is -1.44. The number of fused-ring (bicyclic) bond motifs is 1. The van der Waals surface area contributed by atoms with Crippen LogP contribution in [0.1, 0.15) is 48.5 Å². The zero-order valence-electron chi connectivity index (χ0n) is 13.8. The highest BCUT2D eigenvalue weighted by molar-refractivity contribution is 7.20. The van der Waals surface area contributed by atoms with E-state index in [0.717, 1.165) is 41.7 Å². The summed E-state index contributed by atoms with van der Waals surface area (Å²) in [5, 5.41) is 5.59. The number of hydrogen-bond donors (Lipinski definition) is 1. The molecule has 1 aliphatic heterocycles. The molecule has 0 spiro atoms. The third-order valence-electron chi connectivity index (χ3n) is 3.79. The third-order valence-corrected chi connectivity index (χ3v) is 4.94. The highest BCUT2D eigenvalue weighted by Crippen LogP contribution is 2.29. The quantitative estimate of drug-likeness (QED) is 0.851. The Bertz CT molecular complexity index is 686. The summed E-state index contributed by atoms with van der Waals surface area (Å²) in [5.74, 6) is 0.277. The molecular formula is C16H23N3O3S. The molecule has 0 bridgehead atoms. The number of rotatable bonds is 5. The van der Waals surface area contributed by atoms with Crippen LogP contribution < -0.4 is 5.48 Å². The number of ether oxygens (including phenoxy) is 1. The van der Waals surface area contributed by atoms with Crippen molar-refractivity contribution in [3.63, 3.8) is 0 Å². The normalized spacial score (nSPS) is 18.7. The van der Waals surface area contributed by atoms with Crippen molar-refractivity contribution in [3.8, 4) is 0 Å². The van der Waals surface area contributed by atoms with E-state index in [1.54, 1.807) is 0 Å². The minimum Gasteiger partial charge on any atom is -0.350 e. The summed E-state index contributed by atoms with van der Waals surface area (Å²) < 4.78 is 7.43. The van der Waals surface area contributed by atoms with Crippen LogP contribution in [-0.4, -0.2) is 28.6 Å². The molecule has 2 aromatic rings. The minimum atomic E-state index is -0.333. The maximum Gasteiger partial charge on any atom is 0.285 e. The summed E-state index contributed by atoms with van der Waals surface area (Å²) in [5.41, 5.74) is 3.47. The van der Waals surface area contributed by atoms with Gasteiger partial charge in [0.05, 0.1) is 10.6 Å². The molecular weight excluding hydrogens is 314 g/mol. The molecule has 1 unspecified atom stereocenters. The Morgan fingerprint density at radius 1 is 1.57 bits per heavy atom. The van der Waals surface area contributed by atoms with Gasteiger partial charge in [-0.25, -0.2) is 10.3 Å². The summed E-state index contributed by atoms with van der Waals surface area (Å²) in [4.78, 5) is 19.3. The van der Waals surface area contributed by atoms with Crippen molar-refractivity contribution in [3.05, 3.63) is 16.6 Å². The monoisotopic (exact) mass is 337 g/mol. The first kappa shape index (κ1) is 16.4. The number of nitrogens with one attached hydrogen (secondary N) is 1. The lowest BCUT2D eigenvalue weighted by atomic mass is 10.2. The van der Waals surface area contributed by atoms with Gasteiger partial charge in [-0.1, -0.05) is 13.8 Å². The SMILES string of the molecule is Cc1nn(CC(C)C)c2sc(C(=O)NOC3CCCCO3)cc12. The number of amides is 1. The highest BCUT2D eigenvalue weighted by Gasteiger charge is 2.19. The van der Waals surface area contributed by atoms with Crippen molar-refractivity contribution < 1.29 is 14.4 Å². The topological polar surface area (TPSA) is 65.4 Å². The molecule has 1 atom stereocenters. The second kappa shape index (κ2) is 6.98. The van der Waals surface area contributed by atoms with Crippen LogP contribution in [0.5, 0.6) is 0 Å². The zero-order chi connectivity index (χ0) is 16.4. The number of carbonyl (C=O) groups excluding carboxylic acids is 1. The molecule has 0 saturated carbocycles. The maximum atomic E-state index is 12.3. The molecule has 0 aliphatic carbocycles. The number of aromatic nitrogens is 2. The van der Waals surface area contributed by atoms with Gasteiger partial charge in [-0.15, -0.1) is 11.3 Å². The number of aryl methyl sites for hydroxylation is 1. The van der Waals surface area contributed by atoms with Crippen LogP contribution in [-0.2, 0) is 16.1 Å². The first-order valence-corrected chi connectivity index (χ1v) is 8.91. The molecule has 126 valence electrons. The highest BCUT2D eigenvalue weighted by atomic mass is 32.1. The molecule has 1 N–H and O–H groups in total. The average Bonchev–Trinajstić information content (AvgIpc) is 3.08. The lowest BCUT2D eigenvalue weighted by Crippen LogP contribution is -2.32. The lowest BCUT2D eigenvalue weighted by molar-refractivity contribution is -0.186. The molecule has 7 heteroatoms. The standard InChI is InChI=1S/C16H23N3O3S/c1-10(2)9-19-16-12(11(3)17-19)8-13(23-16)15(20)18-22-14-6-4-5-7-21-14/h8,10,14H,4-7,9H2,1-3H3,(H,18,20). The van der Waals surface area contributed by atoms with E-state index >= 15 is 0 Å². The van der Waals surface area contributed by atoms with Crippen LogP contribution in [0.15, 0.2) is 6.07 Å². The number of thiophene rings is 1. The van der Waals surface area contributed by atoms with Crippen molar-refractivity contribution in [1.29, 1.82) is 0 Å². The third kappa shape index (κ3) is 3.73. The Balaban J connectivity index is 1.70. The maximum absolute atomic E-state index is 12.3. The van der Waals surface area contributed by atoms with Gasteiger partial charge in [0.2, 0.25) is 0 Å². The molecule has 1 saturated heterocycles. The van der Waals surface area contributed by atoms with Crippen LogP contribution in [0.3, 0.4) is 0 Å². The average molecular weight is 337 g/mol. The van der Waals surface area contributed by atoms with Gasteiger partial charge in [0.25, 0.3) is 5.91 Å². The van der Waals surface area contributed by atoms with Crippen LogP contribution in [0.4, 0.5) is 0 Å². The number of carbonyl (C=O) groups is 1. The second-order valence-corrected chi connectivity index (χ2v) is 7.37. The predicted octanol–water partition coefficient (Wildman–Crippen LogP) is 3.25. The van der Waals surface area contributed by atoms with Crippen LogP contribution in [0.25, 0.3) is 10.2 Å². The summed E-state index contributed by atoms with van der Waals surface area (Å²) in [6.07, 6.45) is 2.60. The summed E-state index contributed by atoms with van der Waals surface area (Å²) in [7, 11) is 0. The Kier molecular flexibility index (Phi) is 4.99. The van der Waals surface area contributed by atoms with E-state index in [2.05, 4.69) is 24.4 Å². The first-order chi connectivity index (χ1) is 11.0. The lowest BCUT2D eigenvalue weighted by Gasteiger charge is -2.21. The zero-order valence-corrected chi connectivity index (χ0v) is 14.6. The number of hydroxylamine groups is 1. The summed E-state index contributed by atoms with van der Waals surface area (Å²) >= 11 is 1.45. The van der Waals surface area contributed by atoms with Crippen molar-refractivity contribution in [2.24, 2.45) is 5.92 Å². The van der Waals surface area contributed by atoms with E-state index in [9.17, 15) is 4.79 Å². The smallest absolute Gasteiger partial charge is 0.285 e. The Morgan fingerprint density at radius 3 is 3.09 bits per heavy atom. The molecule has 3 heterocycles. The van der Waals surface area contributed by atoms with E-state index in [0.29, 0.717) is 17.4 Å². The largest absolute Gasteiger partial charge is 0.350 e. The van der Waals surface area contributed by atoms with Crippen molar-refractivity contribution in [1.82, 2.24) is 15.3 Å². The number of hydrogen-bond acceptors (Lipinski definition) is 5. The molecule has 1 aliphatic rings. The van der Waals surface area contributed by atoms with E-state index in [1.807, 2.05) is 17.7 Å². The van der Waals surface area contributed by atoms with Gasteiger partial charge in [-0.2, -0.15) is 5.10 Å². The van der Waals surface area contributed by atoms with E-state index in [4.69, 9.17) is 9.57 Å². The van der Waals surface area contributed by atoms with E-state index < -0.39 is 0 Å². The summed E-state index contributed by atoms with van der Waals surface area (Å²) in [6.45, 7) is 7.82. The van der Waals surface area contributed by atoms with Gasteiger partial charge < -0.3 is 4.74 Å². The molecule has 0 radical (unpaired) electrons. The molecule has 1 fully saturated rings.